The van der Waals surface area contributed by atoms with Crippen LogP contribution in [0.15, 0.2) is 17.4 Å². The Bertz CT molecular complexity index is 698. The van der Waals surface area contributed by atoms with Crippen molar-refractivity contribution in [3.63, 3.8) is 0 Å². The summed E-state index contributed by atoms with van der Waals surface area (Å²) in [6.45, 7) is 10.1. The molecule has 1 unspecified atom stereocenters. The lowest BCUT2D eigenvalue weighted by molar-refractivity contribution is -0.0139. The second-order valence-corrected chi connectivity index (χ2v) is 9.03. The number of rotatable bonds is 6. The number of ether oxygens (including phenoxy) is 1. The van der Waals surface area contributed by atoms with Crippen LogP contribution in [0.3, 0.4) is 0 Å². The van der Waals surface area contributed by atoms with E-state index in [0.717, 1.165) is 58.2 Å². The van der Waals surface area contributed by atoms with Crippen LogP contribution >= 0.6 is 24.0 Å². The molecule has 1 aromatic heterocycles. The molecule has 3 aliphatic rings. The molecule has 0 saturated carbocycles. The number of aliphatic imine (C=N–C) groups is 1. The minimum absolute atomic E-state index is 0. The fraction of sp³-hybridized carbons (Fsp3) is 0.818. The third-order valence-corrected chi connectivity index (χ3v) is 6.89. The summed E-state index contributed by atoms with van der Waals surface area (Å²) in [6.07, 6.45) is 11.2. The molecule has 0 bridgehead atoms. The molecule has 0 spiro atoms. The highest BCUT2D eigenvalue weighted by molar-refractivity contribution is 14.0. The quantitative estimate of drug-likeness (QED) is 0.325. The van der Waals surface area contributed by atoms with Crippen LogP contribution in [0.2, 0.25) is 0 Å². The highest BCUT2D eigenvalue weighted by Crippen LogP contribution is 2.31. The average Bonchev–Trinajstić information content (AvgIpc) is 3.46. The fourth-order valence-corrected chi connectivity index (χ4v) is 5.16. The van der Waals surface area contributed by atoms with Crippen LogP contribution in [0.25, 0.3) is 0 Å². The highest BCUT2D eigenvalue weighted by atomic mass is 127. The Balaban J connectivity index is 0.00000272. The molecule has 0 aromatic carbocycles. The molecular formula is C22H40IN7O. The van der Waals surface area contributed by atoms with Gasteiger partial charge in [-0.2, -0.15) is 5.10 Å². The molecule has 31 heavy (non-hydrogen) atoms. The van der Waals surface area contributed by atoms with Gasteiger partial charge in [-0.1, -0.05) is 0 Å². The van der Waals surface area contributed by atoms with Crippen molar-refractivity contribution >= 4 is 35.6 Å². The van der Waals surface area contributed by atoms with Gasteiger partial charge in [0.2, 0.25) is 0 Å². The summed E-state index contributed by atoms with van der Waals surface area (Å²) in [7, 11) is 1.98. The summed E-state index contributed by atoms with van der Waals surface area (Å²) >= 11 is 0. The minimum atomic E-state index is 0. The van der Waals surface area contributed by atoms with Crippen LogP contribution in [0.1, 0.15) is 45.4 Å². The zero-order chi connectivity index (χ0) is 20.8. The number of likely N-dealkylation sites (tertiary alicyclic amines) is 1. The van der Waals surface area contributed by atoms with Gasteiger partial charge >= 0.3 is 0 Å². The SMILES string of the molecule is CCNC(=NCC1(N2CCCC2)CCOCC1)NC1CCCN(c2cnn(C)c2)C1.I. The summed E-state index contributed by atoms with van der Waals surface area (Å²) in [5, 5.41) is 11.6. The Morgan fingerprint density at radius 1 is 1.23 bits per heavy atom. The number of aromatic nitrogens is 2. The Labute approximate surface area is 204 Å². The van der Waals surface area contributed by atoms with Gasteiger partial charge in [0, 0.05) is 57.7 Å². The summed E-state index contributed by atoms with van der Waals surface area (Å²) in [5.74, 6) is 0.959. The molecule has 3 fully saturated rings. The van der Waals surface area contributed by atoms with Crippen molar-refractivity contribution in [1.29, 1.82) is 0 Å². The zero-order valence-electron chi connectivity index (χ0n) is 19.2. The van der Waals surface area contributed by atoms with Crippen LogP contribution in [-0.2, 0) is 11.8 Å². The van der Waals surface area contributed by atoms with E-state index in [1.54, 1.807) is 0 Å². The van der Waals surface area contributed by atoms with Crippen molar-refractivity contribution in [2.75, 3.05) is 57.4 Å². The van der Waals surface area contributed by atoms with Gasteiger partial charge in [0.25, 0.3) is 0 Å². The lowest BCUT2D eigenvalue weighted by atomic mass is 9.88. The van der Waals surface area contributed by atoms with E-state index in [2.05, 4.69) is 38.7 Å². The third-order valence-electron chi connectivity index (χ3n) is 6.89. The molecule has 176 valence electrons. The standard InChI is InChI=1S/C22H39N7O.HI/c1-3-23-21(24-18-22(8-13-30-14-9-22)29-11-4-5-12-29)26-19-7-6-10-28(16-19)20-15-25-27(2)17-20;/h15,17,19H,3-14,16,18H2,1-2H3,(H2,23,24,26);1H. The molecular weight excluding hydrogens is 505 g/mol. The molecule has 1 atom stereocenters. The van der Waals surface area contributed by atoms with E-state index in [-0.39, 0.29) is 29.5 Å². The van der Waals surface area contributed by atoms with E-state index in [1.165, 1.54) is 44.5 Å². The van der Waals surface area contributed by atoms with E-state index < -0.39 is 0 Å². The second kappa shape index (κ2) is 11.7. The molecule has 4 heterocycles. The molecule has 3 aliphatic heterocycles. The number of hydrogen-bond donors (Lipinski definition) is 2. The number of piperidine rings is 1. The number of nitrogens with zero attached hydrogens (tertiary/aromatic N) is 5. The Morgan fingerprint density at radius 3 is 2.68 bits per heavy atom. The smallest absolute Gasteiger partial charge is 0.191 e. The number of nitrogens with one attached hydrogen (secondary N) is 2. The first kappa shape index (κ1) is 24.6. The fourth-order valence-electron chi connectivity index (χ4n) is 5.16. The molecule has 1 aromatic rings. The van der Waals surface area contributed by atoms with Crippen molar-refractivity contribution in [1.82, 2.24) is 25.3 Å². The lowest BCUT2D eigenvalue weighted by Gasteiger charge is -2.43. The largest absolute Gasteiger partial charge is 0.381 e. The number of halogens is 1. The maximum atomic E-state index is 5.70. The second-order valence-electron chi connectivity index (χ2n) is 9.03. The molecule has 8 nitrogen and oxygen atoms in total. The molecule has 4 rings (SSSR count). The van der Waals surface area contributed by atoms with Gasteiger partial charge < -0.3 is 20.3 Å². The van der Waals surface area contributed by atoms with Gasteiger partial charge in [0.1, 0.15) is 0 Å². The van der Waals surface area contributed by atoms with Crippen LogP contribution in [0.5, 0.6) is 0 Å². The molecule has 9 heteroatoms. The summed E-state index contributed by atoms with van der Waals surface area (Å²) in [5.41, 5.74) is 1.38. The molecule has 0 radical (unpaired) electrons. The average molecular weight is 546 g/mol. The molecule has 0 aliphatic carbocycles. The van der Waals surface area contributed by atoms with Gasteiger partial charge in [0.15, 0.2) is 5.96 Å². The zero-order valence-corrected chi connectivity index (χ0v) is 21.5. The number of aryl methyl sites for hydroxylation is 1. The van der Waals surface area contributed by atoms with Crippen LogP contribution in [0, 0.1) is 0 Å². The van der Waals surface area contributed by atoms with Gasteiger partial charge in [-0.25, -0.2) is 0 Å². The van der Waals surface area contributed by atoms with Crippen molar-refractivity contribution in [2.45, 2.75) is 57.0 Å². The van der Waals surface area contributed by atoms with Crippen molar-refractivity contribution < 1.29 is 4.74 Å². The van der Waals surface area contributed by atoms with Gasteiger partial charge in [-0.15, -0.1) is 24.0 Å². The van der Waals surface area contributed by atoms with Crippen LogP contribution in [-0.4, -0.2) is 84.7 Å². The van der Waals surface area contributed by atoms with E-state index in [1.807, 2.05) is 17.9 Å². The maximum absolute atomic E-state index is 5.70. The first-order chi connectivity index (χ1) is 14.7. The number of hydrogen-bond acceptors (Lipinski definition) is 5. The van der Waals surface area contributed by atoms with E-state index in [9.17, 15) is 0 Å². The minimum Gasteiger partial charge on any atom is -0.381 e. The summed E-state index contributed by atoms with van der Waals surface area (Å²) < 4.78 is 7.58. The third kappa shape index (κ3) is 6.25. The first-order valence-electron chi connectivity index (χ1n) is 11.8. The maximum Gasteiger partial charge on any atom is 0.191 e. The van der Waals surface area contributed by atoms with E-state index in [0.29, 0.717) is 6.04 Å². The van der Waals surface area contributed by atoms with Crippen molar-refractivity contribution in [3.05, 3.63) is 12.4 Å². The van der Waals surface area contributed by atoms with Crippen LogP contribution in [0.4, 0.5) is 5.69 Å². The predicted octanol–water partition coefficient (Wildman–Crippen LogP) is 2.21. The topological polar surface area (TPSA) is 70.0 Å². The van der Waals surface area contributed by atoms with Gasteiger partial charge in [0.05, 0.1) is 18.4 Å². The normalized spacial score (nSPS) is 24.6. The Hall–Kier alpha value is -1.07. The van der Waals surface area contributed by atoms with Crippen LogP contribution < -0.4 is 15.5 Å². The Kier molecular flexibility index (Phi) is 9.27. The molecule has 3 saturated heterocycles. The monoisotopic (exact) mass is 545 g/mol. The molecule has 2 N–H and O–H groups in total. The van der Waals surface area contributed by atoms with Crippen molar-refractivity contribution in [2.24, 2.45) is 12.0 Å². The number of guanidine groups is 1. The Morgan fingerprint density at radius 2 is 2.00 bits per heavy atom. The molecule has 0 amide bonds. The highest BCUT2D eigenvalue weighted by Gasteiger charge is 2.39. The van der Waals surface area contributed by atoms with Crippen molar-refractivity contribution in [3.8, 4) is 0 Å². The van der Waals surface area contributed by atoms with E-state index in [4.69, 9.17) is 9.73 Å². The summed E-state index contributed by atoms with van der Waals surface area (Å²) in [6, 6.07) is 0.397. The first-order valence-corrected chi connectivity index (χ1v) is 11.8. The van der Waals surface area contributed by atoms with Gasteiger partial charge in [-0.05, 0) is 58.5 Å². The predicted molar refractivity (Wildman–Crippen MR) is 137 cm³/mol. The summed E-state index contributed by atoms with van der Waals surface area (Å²) in [4.78, 5) is 10.2. The van der Waals surface area contributed by atoms with Gasteiger partial charge in [-0.3, -0.25) is 14.6 Å². The lowest BCUT2D eigenvalue weighted by Crippen LogP contribution is -2.55. The number of anilines is 1. The van der Waals surface area contributed by atoms with E-state index >= 15 is 0 Å².